The highest BCUT2D eigenvalue weighted by Crippen LogP contribution is 2.19. The normalized spacial score (nSPS) is 19.4. The Labute approximate surface area is 131 Å². The number of benzene rings is 1. The maximum absolute atomic E-state index is 6.29. The fourth-order valence-electron chi connectivity index (χ4n) is 2.86. The fraction of sp³-hybridized carbons (Fsp3) is 0.625. The summed E-state index contributed by atoms with van der Waals surface area (Å²) in [7, 11) is 4.37. The van der Waals surface area contributed by atoms with Gasteiger partial charge in [0.1, 0.15) is 0 Å². The minimum Gasteiger partial charge on any atom is -0.324 e. The van der Waals surface area contributed by atoms with Crippen LogP contribution in [-0.2, 0) is 0 Å². The molecular formula is C16H26BrN3. The van der Waals surface area contributed by atoms with E-state index in [0.717, 1.165) is 23.5 Å². The Kier molecular flexibility index (Phi) is 6.02. The number of piperidine rings is 1. The largest absolute Gasteiger partial charge is 0.324 e. The molecule has 1 unspecified atom stereocenters. The Hall–Kier alpha value is -0.420. The van der Waals surface area contributed by atoms with Crippen molar-refractivity contribution in [3.63, 3.8) is 0 Å². The van der Waals surface area contributed by atoms with Gasteiger partial charge in [-0.05, 0) is 70.7 Å². The van der Waals surface area contributed by atoms with Crippen molar-refractivity contribution in [2.24, 2.45) is 5.73 Å². The lowest BCUT2D eigenvalue weighted by Crippen LogP contribution is -2.42. The third-order valence-corrected chi connectivity index (χ3v) is 4.87. The molecule has 2 rings (SSSR count). The highest BCUT2D eigenvalue weighted by molar-refractivity contribution is 9.10. The van der Waals surface area contributed by atoms with Gasteiger partial charge in [-0.1, -0.05) is 28.1 Å². The first-order valence-electron chi connectivity index (χ1n) is 7.46. The Bertz CT molecular complexity index is 397. The quantitative estimate of drug-likeness (QED) is 0.895. The van der Waals surface area contributed by atoms with E-state index in [2.05, 4.69) is 64.1 Å². The Balaban J connectivity index is 1.74. The van der Waals surface area contributed by atoms with E-state index in [1.807, 2.05) is 0 Å². The van der Waals surface area contributed by atoms with Crippen LogP contribution >= 0.6 is 15.9 Å². The topological polar surface area (TPSA) is 32.5 Å². The summed E-state index contributed by atoms with van der Waals surface area (Å²) in [6, 6.07) is 9.27. The van der Waals surface area contributed by atoms with E-state index in [0.29, 0.717) is 0 Å². The number of nitrogens with two attached hydrogens (primary N) is 1. The molecule has 0 radical (unpaired) electrons. The van der Waals surface area contributed by atoms with Gasteiger partial charge in [-0.2, -0.15) is 0 Å². The maximum Gasteiger partial charge on any atom is 0.0307 e. The van der Waals surface area contributed by atoms with Crippen molar-refractivity contribution in [3.8, 4) is 0 Å². The Morgan fingerprint density at radius 1 is 1.25 bits per heavy atom. The molecule has 0 bridgehead atoms. The summed E-state index contributed by atoms with van der Waals surface area (Å²) < 4.78 is 1.11. The van der Waals surface area contributed by atoms with Gasteiger partial charge in [0.25, 0.3) is 0 Å². The minimum atomic E-state index is 0.148. The molecule has 0 amide bonds. The summed E-state index contributed by atoms with van der Waals surface area (Å²) in [5, 5.41) is 0. The van der Waals surface area contributed by atoms with Crippen LogP contribution in [0, 0.1) is 0 Å². The van der Waals surface area contributed by atoms with Gasteiger partial charge in [-0.15, -0.1) is 0 Å². The monoisotopic (exact) mass is 339 g/mol. The van der Waals surface area contributed by atoms with Crippen molar-refractivity contribution in [3.05, 3.63) is 34.3 Å². The molecule has 1 fully saturated rings. The van der Waals surface area contributed by atoms with Gasteiger partial charge in [0.05, 0.1) is 0 Å². The number of nitrogens with zero attached hydrogens (tertiary/aromatic N) is 2. The summed E-state index contributed by atoms with van der Waals surface area (Å²) in [5.41, 5.74) is 7.52. The van der Waals surface area contributed by atoms with Crippen LogP contribution in [-0.4, -0.2) is 49.6 Å². The van der Waals surface area contributed by atoms with E-state index in [-0.39, 0.29) is 6.04 Å². The zero-order chi connectivity index (χ0) is 14.5. The molecule has 2 N–H and O–H groups in total. The van der Waals surface area contributed by atoms with Crippen LogP contribution in [0.5, 0.6) is 0 Å². The molecule has 1 aromatic carbocycles. The summed E-state index contributed by atoms with van der Waals surface area (Å²) in [6.45, 7) is 3.52. The van der Waals surface area contributed by atoms with E-state index in [4.69, 9.17) is 5.73 Å². The third-order valence-electron chi connectivity index (χ3n) is 4.34. The minimum absolute atomic E-state index is 0.148. The second kappa shape index (κ2) is 7.55. The third kappa shape index (κ3) is 4.55. The predicted molar refractivity (Wildman–Crippen MR) is 88.8 cm³/mol. The number of likely N-dealkylation sites (tertiary alicyclic amines) is 1. The molecule has 1 atom stereocenters. The first-order chi connectivity index (χ1) is 9.56. The Morgan fingerprint density at radius 2 is 1.85 bits per heavy atom. The van der Waals surface area contributed by atoms with Crippen LogP contribution in [0.1, 0.15) is 30.9 Å². The lowest BCUT2D eigenvalue weighted by atomic mass is 10.0. The lowest BCUT2D eigenvalue weighted by molar-refractivity contribution is 0.142. The molecule has 1 aromatic rings. The van der Waals surface area contributed by atoms with Gasteiger partial charge in [0.2, 0.25) is 0 Å². The van der Waals surface area contributed by atoms with Crippen LogP contribution in [0.4, 0.5) is 0 Å². The summed E-state index contributed by atoms with van der Waals surface area (Å²) in [6.07, 6.45) is 3.59. The zero-order valence-corrected chi connectivity index (χ0v) is 14.1. The second-order valence-electron chi connectivity index (χ2n) is 5.98. The average Bonchev–Trinajstić information content (AvgIpc) is 2.46. The van der Waals surface area contributed by atoms with Gasteiger partial charge >= 0.3 is 0 Å². The molecule has 3 nitrogen and oxygen atoms in total. The van der Waals surface area contributed by atoms with E-state index < -0.39 is 0 Å². The second-order valence-corrected chi connectivity index (χ2v) is 6.90. The number of hydrogen-bond donors (Lipinski definition) is 1. The van der Waals surface area contributed by atoms with Crippen molar-refractivity contribution < 1.29 is 0 Å². The predicted octanol–water partition coefficient (Wildman–Crippen LogP) is 2.87. The molecule has 4 heteroatoms. The molecule has 1 aliphatic rings. The molecule has 0 saturated carbocycles. The number of halogens is 1. The van der Waals surface area contributed by atoms with E-state index >= 15 is 0 Å². The van der Waals surface area contributed by atoms with Gasteiger partial charge in [0, 0.05) is 16.6 Å². The molecule has 0 aliphatic carbocycles. The molecule has 1 saturated heterocycles. The van der Waals surface area contributed by atoms with Crippen molar-refractivity contribution in [1.29, 1.82) is 0 Å². The van der Waals surface area contributed by atoms with Gasteiger partial charge < -0.3 is 15.5 Å². The number of rotatable bonds is 5. The van der Waals surface area contributed by atoms with Crippen LogP contribution in [0.25, 0.3) is 0 Å². The van der Waals surface area contributed by atoms with E-state index in [9.17, 15) is 0 Å². The lowest BCUT2D eigenvalue weighted by Gasteiger charge is -2.35. The van der Waals surface area contributed by atoms with Crippen molar-refractivity contribution in [2.45, 2.75) is 31.3 Å². The van der Waals surface area contributed by atoms with E-state index in [1.54, 1.807) is 0 Å². The van der Waals surface area contributed by atoms with Gasteiger partial charge in [0.15, 0.2) is 0 Å². The van der Waals surface area contributed by atoms with Gasteiger partial charge in [-0.25, -0.2) is 0 Å². The van der Waals surface area contributed by atoms with Crippen molar-refractivity contribution in [1.82, 2.24) is 9.80 Å². The maximum atomic E-state index is 6.29. The summed E-state index contributed by atoms with van der Waals surface area (Å²) in [4.78, 5) is 4.91. The van der Waals surface area contributed by atoms with Crippen LogP contribution < -0.4 is 5.73 Å². The molecule has 112 valence electrons. The Morgan fingerprint density at radius 3 is 2.40 bits per heavy atom. The molecule has 1 aliphatic heterocycles. The standard InChI is InChI=1S/C16H26BrN3/c1-19(2)15-7-10-20(11-8-15)12-9-16(18)13-3-5-14(17)6-4-13/h3-6,15-16H,7-12,18H2,1-2H3. The molecule has 0 aromatic heterocycles. The van der Waals surface area contributed by atoms with Crippen LogP contribution in [0.2, 0.25) is 0 Å². The first kappa shape index (κ1) is 16.0. The highest BCUT2D eigenvalue weighted by atomic mass is 79.9. The zero-order valence-electron chi connectivity index (χ0n) is 12.6. The average molecular weight is 340 g/mol. The van der Waals surface area contributed by atoms with Crippen molar-refractivity contribution in [2.75, 3.05) is 33.7 Å². The van der Waals surface area contributed by atoms with Gasteiger partial charge in [-0.3, -0.25) is 0 Å². The number of hydrogen-bond acceptors (Lipinski definition) is 3. The SMILES string of the molecule is CN(C)C1CCN(CCC(N)c2ccc(Br)cc2)CC1. The highest BCUT2D eigenvalue weighted by Gasteiger charge is 2.20. The van der Waals surface area contributed by atoms with E-state index in [1.165, 1.54) is 31.5 Å². The smallest absolute Gasteiger partial charge is 0.0307 e. The van der Waals surface area contributed by atoms with Crippen molar-refractivity contribution >= 4 is 15.9 Å². The summed E-state index contributed by atoms with van der Waals surface area (Å²) >= 11 is 3.46. The first-order valence-corrected chi connectivity index (χ1v) is 8.25. The molecule has 0 spiro atoms. The molecule has 20 heavy (non-hydrogen) atoms. The molecule has 1 heterocycles. The van der Waals surface area contributed by atoms with Crippen LogP contribution in [0.3, 0.4) is 0 Å². The van der Waals surface area contributed by atoms with Crippen LogP contribution in [0.15, 0.2) is 28.7 Å². The fourth-order valence-corrected chi connectivity index (χ4v) is 3.12. The summed E-state index contributed by atoms with van der Waals surface area (Å²) in [5.74, 6) is 0. The molecular weight excluding hydrogens is 314 g/mol.